The standard InChI is InChI=1S/C8H12N2O5S/c1-16(13,14)4-2-3-15-10-6-7(5-9-10)8(11)12/h5-6H,2-4H2,1H3,(H,11,12). The van der Waals surface area contributed by atoms with Crippen molar-refractivity contribution in [2.45, 2.75) is 6.42 Å². The number of nitrogens with zero attached hydrogens (tertiary/aromatic N) is 2. The Balaban J connectivity index is 2.35. The van der Waals surface area contributed by atoms with Gasteiger partial charge in [-0.05, 0) is 6.42 Å². The molecule has 0 atom stereocenters. The molecule has 0 aliphatic rings. The Hall–Kier alpha value is -1.57. The summed E-state index contributed by atoms with van der Waals surface area (Å²) in [5.41, 5.74) is 0.0168. The average Bonchev–Trinajstić information content (AvgIpc) is 2.59. The molecule has 90 valence electrons. The van der Waals surface area contributed by atoms with E-state index in [9.17, 15) is 13.2 Å². The van der Waals surface area contributed by atoms with Gasteiger partial charge in [0.05, 0.1) is 18.1 Å². The second-order valence-electron chi connectivity index (χ2n) is 3.25. The fourth-order valence-corrected chi connectivity index (χ4v) is 1.61. The van der Waals surface area contributed by atoms with Crippen LogP contribution in [0.3, 0.4) is 0 Å². The van der Waals surface area contributed by atoms with E-state index in [1.165, 1.54) is 6.20 Å². The molecule has 0 aromatic carbocycles. The highest BCUT2D eigenvalue weighted by atomic mass is 32.2. The van der Waals surface area contributed by atoms with E-state index in [-0.39, 0.29) is 17.9 Å². The highest BCUT2D eigenvalue weighted by Gasteiger charge is 2.06. The van der Waals surface area contributed by atoms with Gasteiger partial charge in [0.2, 0.25) is 0 Å². The van der Waals surface area contributed by atoms with Gasteiger partial charge in [-0.15, -0.1) is 9.94 Å². The van der Waals surface area contributed by atoms with Crippen LogP contribution in [0.5, 0.6) is 0 Å². The molecule has 16 heavy (non-hydrogen) atoms. The van der Waals surface area contributed by atoms with Crippen LogP contribution in [-0.4, -0.2) is 48.1 Å². The van der Waals surface area contributed by atoms with Crippen molar-refractivity contribution in [3.8, 4) is 0 Å². The molecule has 8 heteroatoms. The lowest BCUT2D eigenvalue weighted by Gasteiger charge is -2.03. The summed E-state index contributed by atoms with van der Waals surface area (Å²) in [6, 6.07) is 0. The van der Waals surface area contributed by atoms with Gasteiger partial charge in [0.25, 0.3) is 0 Å². The van der Waals surface area contributed by atoms with Crippen LogP contribution >= 0.6 is 0 Å². The van der Waals surface area contributed by atoms with E-state index >= 15 is 0 Å². The normalized spacial score (nSPS) is 11.3. The molecule has 0 radical (unpaired) electrons. The average molecular weight is 248 g/mol. The minimum absolute atomic E-state index is 0.0168. The lowest BCUT2D eigenvalue weighted by molar-refractivity contribution is 0.0686. The van der Waals surface area contributed by atoms with Gasteiger partial charge in [-0.2, -0.15) is 0 Å². The van der Waals surface area contributed by atoms with Crippen molar-refractivity contribution in [1.29, 1.82) is 0 Å². The number of carbonyl (C=O) groups is 1. The van der Waals surface area contributed by atoms with Gasteiger partial charge in [-0.1, -0.05) is 0 Å². The molecule has 7 nitrogen and oxygen atoms in total. The Kier molecular flexibility index (Phi) is 3.88. The summed E-state index contributed by atoms with van der Waals surface area (Å²) in [5, 5.41) is 12.2. The molecule has 0 aliphatic carbocycles. The number of hydrogen-bond donors (Lipinski definition) is 1. The Bertz CT molecular complexity index is 465. The topological polar surface area (TPSA) is 98.5 Å². The van der Waals surface area contributed by atoms with E-state index in [1.807, 2.05) is 0 Å². The van der Waals surface area contributed by atoms with Crippen LogP contribution in [0.25, 0.3) is 0 Å². The van der Waals surface area contributed by atoms with Crippen molar-refractivity contribution in [2.75, 3.05) is 18.6 Å². The Morgan fingerprint density at radius 3 is 2.81 bits per heavy atom. The molecular weight excluding hydrogens is 236 g/mol. The predicted molar refractivity (Wildman–Crippen MR) is 55.0 cm³/mol. The first-order chi connectivity index (χ1) is 7.38. The zero-order valence-corrected chi connectivity index (χ0v) is 9.48. The number of carboxylic acids is 1. The highest BCUT2D eigenvalue weighted by molar-refractivity contribution is 7.90. The van der Waals surface area contributed by atoms with Crippen molar-refractivity contribution in [3.63, 3.8) is 0 Å². The molecule has 0 unspecified atom stereocenters. The molecule has 1 N–H and O–H groups in total. The second-order valence-corrected chi connectivity index (χ2v) is 5.51. The fraction of sp³-hybridized carbons (Fsp3) is 0.500. The first-order valence-electron chi connectivity index (χ1n) is 4.47. The number of rotatable bonds is 6. The Morgan fingerprint density at radius 2 is 2.31 bits per heavy atom. The summed E-state index contributed by atoms with van der Waals surface area (Å²) >= 11 is 0. The van der Waals surface area contributed by atoms with Gasteiger partial charge >= 0.3 is 5.97 Å². The number of sulfone groups is 1. The van der Waals surface area contributed by atoms with E-state index in [0.29, 0.717) is 6.42 Å². The fourth-order valence-electron chi connectivity index (χ4n) is 0.965. The van der Waals surface area contributed by atoms with Crippen molar-refractivity contribution >= 4 is 15.8 Å². The van der Waals surface area contributed by atoms with Gasteiger partial charge < -0.3 is 9.94 Å². The summed E-state index contributed by atoms with van der Waals surface area (Å²) in [7, 11) is -2.99. The van der Waals surface area contributed by atoms with Crippen LogP contribution < -0.4 is 4.84 Å². The summed E-state index contributed by atoms with van der Waals surface area (Å²) in [6.07, 6.45) is 3.84. The molecule has 1 aromatic heterocycles. The smallest absolute Gasteiger partial charge is 0.339 e. The maximum Gasteiger partial charge on any atom is 0.339 e. The molecule has 0 amide bonds. The van der Waals surface area contributed by atoms with Crippen LogP contribution in [0, 0.1) is 0 Å². The van der Waals surface area contributed by atoms with Crippen LogP contribution in [0.15, 0.2) is 12.4 Å². The van der Waals surface area contributed by atoms with E-state index < -0.39 is 15.8 Å². The van der Waals surface area contributed by atoms with Gasteiger partial charge in [-0.3, -0.25) is 0 Å². The number of carboxylic acid groups (broad SMARTS) is 1. The molecule has 0 aliphatic heterocycles. The summed E-state index contributed by atoms with van der Waals surface area (Å²) in [6.45, 7) is 0.161. The second kappa shape index (κ2) is 4.97. The number of hydrogen-bond acceptors (Lipinski definition) is 5. The molecule has 0 bridgehead atoms. The van der Waals surface area contributed by atoms with E-state index in [4.69, 9.17) is 9.94 Å². The van der Waals surface area contributed by atoms with Crippen LogP contribution in [0.2, 0.25) is 0 Å². The number of aromatic carboxylic acids is 1. The minimum atomic E-state index is -2.99. The molecule has 0 saturated heterocycles. The van der Waals surface area contributed by atoms with Crippen molar-refractivity contribution in [1.82, 2.24) is 9.94 Å². The molecule has 1 heterocycles. The van der Waals surface area contributed by atoms with Gasteiger partial charge in [0, 0.05) is 6.26 Å². The SMILES string of the molecule is CS(=O)(=O)CCCOn1cc(C(=O)O)cn1. The molecule has 0 spiro atoms. The molecule has 0 saturated carbocycles. The quantitative estimate of drug-likeness (QED) is 0.678. The molecule has 1 rings (SSSR count). The van der Waals surface area contributed by atoms with E-state index in [1.54, 1.807) is 0 Å². The van der Waals surface area contributed by atoms with Gasteiger partial charge in [0.15, 0.2) is 0 Å². The zero-order chi connectivity index (χ0) is 12.2. The largest absolute Gasteiger partial charge is 0.478 e. The number of aromatic nitrogens is 2. The first-order valence-corrected chi connectivity index (χ1v) is 6.53. The van der Waals surface area contributed by atoms with Crippen molar-refractivity contribution in [3.05, 3.63) is 18.0 Å². The molecular formula is C8H12N2O5S. The predicted octanol–water partition coefficient (Wildman–Crippen LogP) is -0.555. The van der Waals surface area contributed by atoms with Crippen molar-refractivity contribution < 1.29 is 23.2 Å². The first kappa shape index (κ1) is 12.5. The van der Waals surface area contributed by atoms with Crippen LogP contribution in [0.1, 0.15) is 16.8 Å². The third-order valence-corrected chi connectivity index (χ3v) is 2.72. The summed E-state index contributed by atoms with van der Waals surface area (Å²) in [5.74, 6) is -1.06. The summed E-state index contributed by atoms with van der Waals surface area (Å²) < 4.78 is 21.6. The molecule has 0 fully saturated rings. The van der Waals surface area contributed by atoms with Crippen LogP contribution in [-0.2, 0) is 9.84 Å². The summed E-state index contributed by atoms with van der Waals surface area (Å²) in [4.78, 5) is 16.5. The minimum Gasteiger partial charge on any atom is -0.478 e. The van der Waals surface area contributed by atoms with Gasteiger partial charge in [0.1, 0.15) is 22.0 Å². The van der Waals surface area contributed by atoms with Crippen LogP contribution in [0.4, 0.5) is 0 Å². The van der Waals surface area contributed by atoms with Crippen molar-refractivity contribution in [2.24, 2.45) is 0 Å². The maximum atomic E-state index is 10.8. The Labute approximate surface area is 92.5 Å². The maximum absolute atomic E-state index is 10.8. The monoisotopic (exact) mass is 248 g/mol. The zero-order valence-electron chi connectivity index (χ0n) is 8.66. The van der Waals surface area contributed by atoms with E-state index in [0.717, 1.165) is 17.3 Å². The third-order valence-electron chi connectivity index (χ3n) is 1.69. The lowest BCUT2D eigenvalue weighted by Crippen LogP contribution is -2.16. The lowest BCUT2D eigenvalue weighted by atomic mass is 10.4. The van der Waals surface area contributed by atoms with Gasteiger partial charge in [-0.25, -0.2) is 13.2 Å². The Morgan fingerprint density at radius 1 is 1.62 bits per heavy atom. The molecule has 1 aromatic rings. The van der Waals surface area contributed by atoms with E-state index in [2.05, 4.69) is 5.10 Å². The third kappa shape index (κ3) is 4.30. The highest BCUT2D eigenvalue weighted by Crippen LogP contribution is 1.96.